The molecule has 0 bridgehead atoms. The van der Waals surface area contributed by atoms with Crippen LogP contribution in [-0.2, 0) is 4.74 Å². The van der Waals surface area contributed by atoms with E-state index in [1.165, 1.54) is 4.31 Å². The summed E-state index contributed by atoms with van der Waals surface area (Å²) in [6.07, 6.45) is -0.393. The van der Waals surface area contributed by atoms with Gasteiger partial charge in [-0.05, 0) is 26.2 Å². The zero-order chi connectivity index (χ0) is 11.6. The van der Waals surface area contributed by atoms with E-state index in [-0.39, 0.29) is 5.41 Å². The number of nitrogens with zero attached hydrogens (tertiary/aromatic N) is 1. The van der Waals surface area contributed by atoms with Gasteiger partial charge < -0.3 is 4.74 Å². The second kappa shape index (κ2) is 4.43. The molecule has 0 radical (unpaired) electrons. The summed E-state index contributed by atoms with van der Waals surface area (Å²) in [5.74, 6) is 0. The molecule has 14 heavy (non-hydrogen) atoms. The lowest BCUT2D eigenvalue weighted by Crippen LogP contribution is -2.35. The van der Waals surface area contributed by atoms with Gasteiger partial charge in [-0.25, -0.2) is 4.79 Å². The van der Waals surface area contributed by atoms with Crippen LogP contribution in [0.3, 0.4) is 0 Å². The van der Waals surface area contributed by atoms with Crippen molar-refractivity contribution in [1.29, 1.82) is 0 Å². The second-order valence-corrected chi connectivity index (χ2v) is 6.08. The molecule has 0 atom stereocenters. The van der Waals surface area contributed by atoms with E-state index in [2.05, 4.69) is 12.8 Å². The molecule has 0 aliphatic rings. The number of hydrogen-bond acceptors (Lipinski definition) is 3. The third-order valence-electron chi connectivity index (χ3n) is 1.23. The first-order chi connectivity index (χ1) is 6.01. The van der Waals surface area contributed by atoms with Crippen molar-refractivity contribution in [3.63, 3.8) is 0 Å². The van der Waals surface area contributed by atoms with E-state index >= 15 is 0 Å². The first-order valence-electron chi connectivity index (χ1n) is 4.71. The van der Waals surface area contributed by atoms with E-state index in [9.17, 15) is 4.79 Å². The predicted octanol–water partition coefficient (Wildman–Crippen LogP) is 3.11. The van der Waals surface area contributed by atoms with Gasteiger partial charge in [-0.1, -0.05) is 33.6 Å². The second-order valence-electron chi connectivity index (χ2n) is 5.60. The minimum atomic E-state index is -0.462. The number of amides is 1. The first kappa shape index (κ1) is 13.6. The Morgan fingerprint density at radius 3 is 1.93 bits per heavy atom. The predicted molar refractivity (Wildman–Crippen MR) is 61.4 cm³/mol. The molecule has 3 nitrogen and oxygen atoms in total. The van der Waals surface area contributed by atoms with E-state index in [4.69, 9.17) is 4.74 Å². The summed E-state index contributed by atoms with van der Waals surface area (Å²) in [5, 5.41) is 0. The van der Waals surface area contributed by atoms with Gasteiger partial charge in [0.1, 0.15) is 5.60 Å². The van der Waals surface area contributed by atoms with Gasteiger partial charge in [-0.15, -0.1) is 0 Å². The summed E-state index contributed by atoms with van der Waals surface area (Å²) in [7, 11) is 0. The summed E-state index contributed by atoms with van der Waals surface area (Å²) >= 11 is 4.09. The van der Waals surface area contributed by atoms with E-state index in [1.807, 2.05) is 41.5 Å². The summed E-state index contributed by atoms with van der Waals surface area (Å²) in [4.78, 5) is 11.5. The maximum atomic E-state index is 11.5. The van der Waals surface area contributed by atoms with Crippen LogP contribution in [0.25, 0.3) is 0 Å². The normalized spacial score (nSPS) is 12.5. The Balaban J connectivity index is 4.15. The van der Waals surface area contributed by atoms with E-state index in [0.717, 1.165) is 0 Å². The summed E-state index contributed by atoms with van der Waals surface area (Å²) in [6, 6.07) is 0. The van der Waals surface area contributed by atoms with Crippen LogP contribution in [0.1, 0.15) is 41.5 Å². The molecule has 0 aromatic carbocycles. The lowest BCUT2D eigenvalue weighted by atomic mass is 9.97. The monoisotopic (exact) mass is 219 g/mol. The molecule has 0 unspecified atom stereocenters. The van der Waals surface area contributed by atoms with Crippen LogP contribution in [0.15, 0.2) is 0 Å². The minimum absolute atomic E-state index is 0.0264. The third-order valence-corrected chi connectivity index (χ3v) is 1.53. The Morgan fingerprint density at radius 2 is 1.64 bits per heavy atom. The number of carbonyl (C=O) groups excluding carboxylic acids is 1. The SMILES string of the molecule is CC(C)(C)CN(S)C(=O)OC(C)(C)C. The summed E-state index contributed by atoms with van der Waals surface area (Å²) in [6.45, 7) is 12.2. The fraction of sp³-hybridized carbons (Fsp3) is 0.900. The van der Waals surface area contributed by atoms with Gasteiger partial charge >= 0.3 is 6.09 Å². The van der Waals surface area contributed by atoms with Gasteiger partial charge in [0.05, 0.1) is 0 Å². The van der Waals surface area contributed by atoms with Gasteiger partial charge in [0, 0.05) is 6.54 Å². The number of ether oxygens (including phenoxy) is 1. The highest BCUT2D eigenvalue weighted by atomic mass is 32.1. The minimum Gasteiger partial charge on any atom is -0.443 e. The zero-order valence-corrected chi connectivity index (χ0v) is 10.8. The molecule has 0 N–H and O–H groups in total. The molecule has 0 aromatic heterocycles. The lowest BCUT2D eigenvalue weighted by molar-refractivity contribution is 0.0372. The largest absolute Gasteiger partial charge is 0.443 e. The van der Waals surface area contributed by atoms with Crippen LogP contribution >= 0.6 is 12.8 Å². The Bertz CT molecular complexity index is 203. The van der Waals surface area contributed by atoms with Gasteiger partial charge in [0.15, 0.2) is 0 Å². The fourth-order valence-electron chi connectivity index (χ4n) is 0.828. The van der Waals surface area contributed by atoms with Gasteiger partial charge in [0.2, 0.25) is 0 Å². The van der Waals surface area contributed by atoms with E-state index in [1.54, 1.807) is 0 Å². The van der Waals surface area contributed by atoms with Gasteiger partial charge in [-0.3, -0.25) is 4.31 Å². The van der Waals surface area contributed by atoms with E-state index in [0.29, 0.717) is 6.54 Å². The molecular weight excluding hydrogens is 198 g/mol. The number of thiol groups is 1. The molecule has 1 amide bonds. The van der Waals surface area contributed by atoms with Crippen LogP contribution in [0, 0.1) is 5.41 Å². The molecule has 0 saturated carbocycles. The smallest absolute Gasteiger partial charge is 0.420 e. The van der Waals surface area contributed by atoms with Crippen molar-refractivity contribution in [2.24, 2.45) is 5.41 Å². The topological polar surface area (TPSA) is 29.5 Å². The molecule has 0 aliphatic carbocycles. The summed E-state index contributed by atoms with van der Waals surface area (Å²) in [5.41, 5.74) is -0.436. The average molecular weight is 219 g/mol. The van der Waals surface area contributed by atoms with Gasteiger partial charge in [-0.2, -0.15) is 0 Å². The van der Waals surface area contributed by atoms with Crippen molar-refractivity contribution < 1.29 is 9.53 Å². The third kappa shape index (κ3) is 7.06. The molecule has 4 heteroatoms. The molecule has 0 fully saturated rings. The Labute approximate surface area is 92.3 Å². The molecule has 84 valence electrons. The molecule has 0 aliphatic heterocycles. The van der Waals surface area contributed by atoms with Crippen molar-refractivity contribution in [3.05, 3.63) is 0 Å². The standard InChI is InChI=1S/C10H21NO2S/c1-9(2,3)7-11(14)8(12)13-10(4,5)6/h14H,7H2,1-6H3. The fourth-order valence-corrected chi connectivity index (χ4v) is 1.29. The van der Waals surface area contributed by atoms with Crippen LogP contribution < -0.4 is 0 Å². The van der Waals surface area contributed by atoms with Crippen molar-refractivity contribution in [2.45, 2.75) is 47.1 Å². The summed E-state index contributed by atoms with van der Waals surface area (Å²) < 4.78 is 6.47. The maximum absolute atomic E-state index is 11.5. The Kier molecular flexibility index (Phi) is 4.31. The molecular formula is C10H21NO2S. The first-order valence-corrected chi connectivity index (χ1v) is 5.11. The quantitative estimate of drug-likeness (QED) is 0.687. The highest BCUT2D eigenvalue weighted by Crippen LogP contribution is 2.18. The maximum Gasteiger partial charge on any atom is 0.420 e. The zero-order valence-electron chi connectivity index (χ0n) is 9.92. The van der Waals surface area contributed by atoms with Crippen LogP contribution in [-0.4, -0.2) is 22.5 Å². The molecule has 0 aromatic rings. The number of rotatable bonds is 1. The lowest BCUT2D eigenvalue weighted by Gasteiger charge is -2.28. The Morgan fingerprint density at radius 1 is 1.21 bits per heavy atom. The van der Waals surface area contributed by atoms with Crippen LogP contribution in [0.2, 0.25) is 0 Å². The molecule has 0 saturated heterocycles. The van der Waals surface area contributed by atoms with E-state index < -0.39 is 11.7 Å². The molecule has 0 rings (SSSR count). The molecule has 0 heterocycles. The van der Waals surface area contributed by atoms with Gasteiger partial charge in [0.25, 0.3) is 0 Å². The van der Waals surface area contributed by atoms with Crippen molar-refractivity contribution in [1.82, 2.24) is 4.31 Å². The highest BCUT2D eigenvalue weighted by molar-refractivity contribution is 7.78. The Hall–Kier alpha value is -0.380. The van der Waals surface area contributed by atoms with Crippen molar-refractivity contribution >= 4 is 18.9 Å². The number of carbonyl (C=O) groups is 1. The van der Waals surface area contributed by atoms with Crippen molar-refractivity contribution in [2.75, 3.05) is 6.54 Å². The highest BCUT2D eigenvalue weighted by Gasteiger charge is 2.23. The van der Waals surface area contributed by atoms with Crippen LogP contribution in [0.4, 0.5) is 4.79 Å². The van der Waals surface area contributed by atoms with Crippen LogP contribution in [0.5, 0.6) is 0 Å². The number of hydrogen-bond donors (Lipinski definition) is 1. The average Bonchev–Trinajstić information content (AvgIpc) is 1.78. The van der Waals surface area contributed by atoms with Crippen molar-refractivity contribution in [3.8, 4) is 0 Å². The molecule has 0 spiro atoms.